The van der Waals surface area contributed by atoms with Gasteiger partial charge in [0, 0.05) is 25.3 Å². The van der Waals surface area contributed by atoms with Gasteiger partial charge in [-0.05, 0) is 49.8 Å². The number of carbonyl (C=O) groups excluding carboxylic acids is 1. The maximum Gasteiger partial charge on any atom is 0.425 e. The Balaban J connectivity index is 1.43. The number of hydrogen-bond donors (Lipinski definition) is 0. The molecule has 1 amide bonds. The Kier molecular flexibility index (Phi) is 5.23. The SMILES string of the molecule is CC[C@@H](Oc1ccc(S(C)(=O)=O)cc1C(=O)N1CC2CC2(c2nnc(C3CC3)o2)C1)C(F)(F)F. The van der Waals surface area contributed by atoms with Crippen LogP contribution in [0.25, 0.3) is 0 Å². The van der Waals surface area contributed by atoms with Gasteiger partial charge >= 0.3 is 6.18 Å². The van der Waals surface area contributed by atoms with Crippen LogP contribution in [0, 0.1) is 5.92 Å². The van der Waals surface area contributed by atoms with Gasteiger partial charge in [0.15, 0.2) is 15.9 Å². The van der Waals surface area contributed by atoms with Crippen LogP contribution in [-0.4, -0.2) is 61.0 Å². The van der Waals surface area contributed by atoms with Crippen molar-refractivity contribution in [3.63, 3.8) is 0 Å². The van der Waals surface area contributed by atoms with Crippen LogP contribution in [0.5, 0.6) is 5.75 Å². The van der Waals surface area contributed by atoms with Crippen molar-refractivity contribution in [3.8, 4) is 5.75 Å². The number of halogens is 3. The third-order valence-electron chi connectivity index (χ3n) is 6.84. The maximum atomic E-state index is 13.4. The Bertz CT molecular complexity index is 1240. The van der Waals surface area contributed by atoms with E-state index < -0.39 is 33.4 Å². The topological polar surface area (TPSA) is 103 Å². The number of piperidine rings is 1. The minimum atomic E-state index is -4.64. The summed E-state index contributed by atoms with van der Waals surface area (Å²) < 4.78 is 75.2. The molecule has 2 unspecified atom stereocenters. The van der Waals surface area contributed by atoms with E-state index in [2.05, 4.69) is 10.2 Å². The smallest absolute Gasteiger partial charge is 0.425 e. The molecular formula is C22H24F3N3O5S. The molecule has 0 spiro atoms. The van der Waals surface area contributed by atoms with E-state index in [1.54, 1.807) is 0 Å². The molecule has 2 saturated carbocycles. The molecule has 1 saturated heterocycles. The van der Waals surface area contributed by atoms with Crippen molar-refractivity contribution >= 4 is 15.7 Å². The van der Waals surface area contributed by atoms with Crippen molar-refractivity contribution in [1.29, 1.82) is 0 Å². The standard InChI is InChI=1S/C22H24F3N3O5S/c1-3-17(22(23,24)25)32-16-7-6-14(34(2,30)31)8-15(16)19(29)28-10-13-9-21(13,11-28)20-27-26-18(33-20)12-4-5-12/h6-8,12-13,17H,3-5,9-11H2,1-2H3/t13?,17-,21?/m1/s1. The van der Waals surface area contributed by atoms with Crippen molar-refractivity contribution in [2.75, 3.05) is 19.3 Å². The number of ether oxygens (including phenoxy) is 1. The van der Waals surface area contributed by atoms with E-state index in [0.29, 0.717) is 24.2 Å². The first-order valence-corrected chi connectivity index (χ1v) is 13.0. The summed E-state index contributed by atoms with van der Waals surface area (Å²) in [6, 6.07) is 3.35. The number of fused-ring (bicyclic) bond motifs is 1. The number of sulfone groups is 1. The highest BCUT2D eigenvalue weighted by Crippen LogP contribution is 2.59. The number of alkyl halides is 3. The Morgan fingerprint density at radius 2 is 2.06 bits per heavy atom. The zero-order chi connectivity index (χ0) is 24.5. The number of amides is 1. The van der Waals surface area contributed by atoms with Crippen molar-refractivity contribution in [2.24, 2.45) is 5.92 Å². The fourth-order valence-corrected chi connectivity index (χ4v) is 5.26. The zero-order valence-electron chi connectivity index (χ0n) is 18.6. The molecule has 2 heterocycles. The van der Waals surface area contributed by atoms with Gasteiger partial charge in [-0.15, -0.1) is 10.2 Å². The fraction of sp³-hybridized carbons (Fsp3) is 0.591. The first kappa shape index (κ1) is 23.1. The first-order valence-electron chi connectivity index (χ1n) is 11.1. The molecule has 3 fully saturated rings. The number of rotatable bonds is 7. The highest BCUT2D eigenvalue weighted by atomic mass is 32.2. The van der Waals surface area contributed by atoms with E-state index in [1.807, 2.05) is 0 Å². The summed E-state index contributed by atoms with van der Waals surface area (Å²) in [6.45, 7) is 1.95. The summed E-state index contributed by atoms with van der Waals surface area (Å²) in [7, 11) is -3.70. The average molecular weight is 500 g/mol. The lowest BCUT2D eigenvalue weighted by Crippen LogP contribution is -2.36. The van der Waals surface area contributed by atoms with Gasteiger partial charge in [-0.1, -0.05) is 6.92 Å². The van der Waals surface area contributed by atoms with Crippen LogP contribution >= 0.6 is 0 Å². The van der Waals surface area contributed by atoms with Gasteiger partial charge in [0.1, 0.15) is 5.75 Å². The molecule has 2 aliphatic carbocycles. The quantitative estimate of drug-likeness (QED) is 0.575. The van der Waals surface area contributed by atoms with E-state index in [0.717, 1.165) is 43.7 Å². The zero-order valence-corrected chi connectivity index (χ0v) is 19.4. The van der Waals surface area contributed by atoms with Gasteiger partial charge in [-0.2, -0.15) is 13.2 Å². The molecule has 8 nitrogen and oxygen atoms in total. The second kappa shape index (κ2) is 7.69. The van der Waals surface area contributed by atoms with Crippen LogP contribution in [0.1, 0.15) is 60.7 Å². The van der Waals surface area contributed by atoms with Crippen LogP contribution in [0.3, 0.4) is 0 Å². The van der Waals surface area contributed by atoms with Gasteiger partial charge in [0.2, 0.25) is 11.8 Å². The van der Waals surface area contributed by atoms with Gasteiger partial charge in [0.05, 0.1) is 15.9 Å². The fourth-order valence-electron chi connectivity index (χ4n) is 4.62. The van der Waals surface area contributed by atoms with Crippen LogP contribution in [0.2, 0.25) is 0 Å². The number of carbonyl (C=O) groups is 1. The molecule has 3 aliphatic rings. The van der Waals surface area contributed by atoms with Crippen molar-refractivity contribution in [1.82, 2.24) is 15.1 Å². The lowest BCUT2D eigenvalue weighted by atomic mass is 10.1. The van der Waals surface area contributed by atoms with E-state index >= 15 is 0 Å². The molecule has 2 aromatic rings. The van der Waals surface area contributed by atoms with E-state index in [1.165, 1.54) is 11.8 Å². The molecule has 1 aromatic heterocycles. The summed E-state index contributed by atoms with van der Waals surface area (Å²) in [5, 5.41) is 8.32. The molecular weight excluding hydrogens is 475 g/mol. The van der Waals surface area contributed by atoms with Gasteiger partial charge in [-0.25, -0.2) is 8.42 Å². The predicted molar refractivity (Wildman–Crippen MR) is 112 cm³/mol. The molecule has 5 rings (SSSR count). The highest BCUT2D eigenvalue weighted by Gasteiger charge is 2.65. The number of nitrogens with zero attached hydrogens (tertiary/aromatic N) is 3. The second-order valence-electron chi connectivity index (χ2n) is 9.45. The van der Waals surface area contributed by atoms with E-state index in [4.69, 9.17) is 9.15 Å². The Morgan fingerprint density at radius 3 is 2.68 bits per heavy atom. The summed E-state index contributed by atoms with van der Waals surface area (Å²) >= 11 is 0. The molecule has 0 bridgehead atoms. The third kappa shape index (κ3) is 4.05. The van der Waals surface area contributed by atoms with Gasteiger partial charge in [-0.3, -0.25) is 4.79 Å². The highest BCUT2D eigenvalue weighted by molar-refractivity contribution is 7.90. The largest absolute Gasteiger partial charge is 0.480 e. The summed E-state index contributed by atoms with van der Waals surface area (Å²) in [6.07, 6.45) is -3.35. The lowest BCUT2D eigenvalue weighted by molar-refractivity contribution is -0.195. The van der Waals surface area contributed by atoms with Crippen LogP contribution in [0.4, 0.5) is 13.2 Å². The average Bonchev–Trinajstić information content (AvgIpc) is 3.65. The number of hydrogen-bond acceptors (Lipinski definition) is 7. The summed E-state index contributed by atoms with van der Waals surface area (Å²) in [5.74, 6) is 0.599. The summed E-state index contributed by atoms with van der Waals surface area (Å²) in [5.41, 5.74) is -0.672. The van der Waals surface area contributed by atoms with E-state index in [-0.39, 0.29) is 35.1 Å². The Labute approximate surface area is 194 Å². The lowest BCUT2D eigenvalue weighted by Gasteiger charge is -2.25. The Hall–Kier alpha value is -2.63. The van der Waals surface area contributed by atoms with Crippen LogP contribution in [-0.2, 0) is 15.3 Å². The van der Waals surface area contributed by atoms with Crippen molar-refractivity contribution in [3.05, 3.63) is 35.5 Å². The summed E-state index contributed by atoms with van der Waals surface area (Å²) in [4.78, 5) is 14.8. The molecule has 3 atom stereocenters. The molecule has 12 heteroatoms. The molecule has 1 aromatic carbocycles. The number of likely N-dealkylation sites (tertiary alicyclic amines) is 1. The predicted octanol–water partition coefficient (Wildman–Crippen LogP) is 3.48. The molecule has 1 aliphatic heterocycles. The number of benzene rings is 1. The molecule has 0 N–H and O–H groups in total. The molecule has 184 valence electrons. The van der Waals surface area contributed by atoms with Gasteiger partial charge < -0.3 is 14.1 Å². The van der Waals surface area contributed by atoms with Gasteiger partial charge in [0.25, 0.3) is 5.91 Å². The van der Waals surface area contributed by atoms with Crippen LogP contribution < -0.4 is 4.74 Å². The second-order valence-corrected chi connectivity index (χ2v) is 11.5. The van der Waals surface area contributed by atoms with Crippen molar-refractivity contribution in [2.45, 2.75) is 61.1 Å². The van der Waals surface area contributed by atoms with Crippen molar-refractivity contribution < 1.29 is 35.5 Å². The minimum Gasteiger partial charge on any atom is -0.480 e. The van der Waals surface area contributed by atoms with Crippen LogP contribution in [0.15, 0.2) is 27.5 Å². The monoisotopic (exact) mass is 499 g/mol. The minimum absolute atomic E-state index is 0.102. The van der Waals surface area contributed by atoms with E-state index in [9.17, 15) is 26.4 Å². The normalized spacial score (nSPS) is 25.2. The Morgan fingerprint density at radius 1 is 1.32 bits per heavy atom. The number of aromatic nitrogens is 2. The molecule has 34 heavy (non-hydrogen) atoms. The maximum absolute atomic E-state index is 13.4. The third-order valence-corrected chi connectivity index (χ3v) is 7.95. The molecule has 0 radical (unpaired) electrons. The first-order chi connectivity index (χ1) is 15.9.